The molecule has 1 N–H and O–H groups in total. The van der Waals surface area contributed by atoms with Gasteiger partial charge >= 0.3 is 0 Å². The van der Waals surface area contributed by atoms with Crippen molar-refractivity contribution in [3.8, 4) is 17.0 Å². The highest BCUT2D eigenvalue weighted by atomic mass is 79.9. The first kappa shape index (κ1) is 14.2. The Morgan fingerprint density at radius 2 is 2.30 bits per heavy atom. The summed E-state index contributed by atoms with van der Waals surface area (Å²) in [5.74, 6) is 0.264. The number of nitrogens with one attached hydrogen (secondary N) is 1. The molecule has 4 heterocycles. The van der Waals surface area contributed by atoms with Gasteiger partial charge in [-0.25, -0.2) is 9.50 Å². The Kier molecular flexibility index (Phi) is 3.29. The van der Waals surface area contributed by atoms with Crippen LogP contribution in [0, 0.1) is 0 Å². The number of carbonyl (C=O) groups excluding carboxylic acids is 1. The molecule has 3 aromatic rings. The molecule has 1 aliphatic heterocycles. The molecule has 0 radical (unpaired) electrons. The average molecular weight is 377 g/mol. The summed E-state index contributed by atoms with van der Waals surface area (Å²) < 4.78 is 9.93. The number of fused-ring (bicyclic) bond motifs is 1. The molecule has 0 bridgehead atoms. The van der Waals surface area contributed by atoms with E-state index in [0.717, 1.165) is 11.1 Å². The summed E-state index contributed by atoms with van der Waals surface area (Å²) in [6.07, 6.45) is 5.36. The Morgan fingerprint density at radius 3 is 3.00 bits per heavy atom. The van der Waals surface area contributed by atoms with Gasteiger partial charge in [-0.3, -0.25) is 9.48 Å². The maximum Gasteiger partial charge on any atom is 0.261 e. The van der Waals surface area contributed by atoms with Crippen LogP contribution < -0.4 is 10.1 Å². The number of aryl methyl sites for hydroxylation is 1. The van der Waals surface area contributed by atoms with E-state index in [9.17, 15) is 4.79 Å². The fourth-order valence-electron chi connectivity index (χ4n) is 2.54. The van der Waals surface area contributed by atoms with Crippen LogP contribution in [-0.4, -0.2) is 42.9 Å². The number of hydrogen-bond acceptors (Lipinski definition) is 5. The van der Waals surface area contributed by atoms with Crippen molar-refractivity contribution >= 4 is 27.5 Å². The maximum atomic E-state index is 11.8. The van der Waals surface area contributed by atoms with Gasteiger partial charge in [0.25, 0.3) is 5.91 Å². The van der Waals surface area contributed by atoms with Crippen molar-refractivity contribution in [1.29, 1.82) is 0 Å². The Labute approximate surface area is 139 Å². The average Bonchev–Trinajstić information content (AvgIpc) is 3.22. The second kappa shape index (κ2) is 5.34. The second-order valence-electron chi connectivity index (χ2n) is 5.30. The van der Waals surface area contributed by atoms with E-state index in [1.165, 1.54) is 0 Å². The molecule has 4 rings (SSSR count). The largest absolute Gasteiger partial charge is 0.463 e. The molecule has 0 aliphatic carbocycles. The number of rotatable bonds is 3. The van der Waals surface area contributed by atoms with E-state index in [0.29, 0.717) is 29.1 Å². The lowest BCUT2D eigenvalue weighted by Gasteiger charge is -2.13. The number of hydrogen-bond donors (Lipinski definition) is 1. The Hall–Kier alpha value is -2.42. The molecule has 1 fully saturated rings. The zero-order valence-electron chi connectivity index (χ0n) is 12.2. The summed E-state index contributed by atoms with van der Waals surface area (Å²) in [6.45, 7) is 0.614. The number of halogens is 1. The fourth-order valence-corrected chi connectivity index (χ4v) is 2.91. The normalized spacial score (nSPS) is 17.7. The minimum Gasteiger partial charge on any atom is -0.463 e. The van der Waals surface area contributed by atoms with E-state index in [4.69, 9.17) is 4.74 Å². The lowest BCUT2D eigenvalue weighted by Crippen LogP contribution is -2.28. The summed E-state index contributed by atoms with van der Waals surface area (Å²) in [4.78, 5) is 16.1. The molecule has 1 amide bonds. The van der Waals surface area contributed by atoms with Gasteiger partial charge in [0.15, 0.2) is 11.8 Å². The molecule has 23 heavy (non-hydrogen) atoms. The maximum absolute atomic E-state index is 11.8. The van der Waals surface area contributed by atoms with Crippen LogP contribution in [0.4, 0.5) is 0 Å². The molecule has 3 aromatic heterocycles. The van der Waals surface area contributed by atoms with Crippen LogP contribution in [0.15, 0.2) is 29.3 Å². The number of amides is 1. The summed E-state index contributed by atoms with van der Waals surface area (Å²) >= 11 is 3.40. The Morgan fingerprint density at radius 1 is 1.43 bits per heavy atom. The number of nitrogens with zero attached hydrogens (tertiary/aromatic N) is 5. The standard InChI is InChI=1S/C14H13BrN6O2/c1-20-7-8(5-18-20)9-4-12-17-6-11(15)21(12)19-14(9)23-10-2-3-16-13(10)22/h4-7,10H,2-3H2,1H3,(H,16,22)/t10-/m0/s1. The zero-order valence-corrected chi connectivity index (χ0v) is 13.8. The van der Waals surface area contributed by atoms with Crippen molar-refractivity contribution in [2.24, 2.45) is 7.05 Å². The Bertz CT molecular complexity index is 902. The fraction of sp³-hybridized carbons (Fsp3) is 0.286. The van der Waals surface area contributed by atoms with Crippen LogP contribution in [0.25, 0.3) is 16.8 Å². The van der Waals surface area contributed by atoms with Crippen LogP contribution >= 0.6 is 15.9 Å². The highest BCUT2D eigenvalue weighted by molar-refractivity contribution is 9.10. The van der Waals surface area contributed by atoms with Gasteiger partial charge < -0.3 is 10.1 Å². The molecule has 1 atom stereocenters. The smallest absolute Gasteiger partial charge is 0.261 e. The van der Waals surface area contributed by atoms with Crippen LogP contribution in [0.2, 0.25) is 0 Å². The molecule has 0 aromatic carbocycles. The minimum absolute atomic E-state index is 0.117. The van der Waals surface area contributed by atoms with Crippen molar-refractivity contribution in [3.05, 3.63) is 29.3 Å². The zero-order chi connectivity index (χ0) is 16.0. The number of aromatic nitrogens is 5. The molecular formula is C14H13BrN6O2. The van der Waals surface area contributed by atoms with Gasteiger partial charge in [-0.2, -0.15) is 5.10 Å². The molecule has 0 spiro atoms. The highest BCUT2D eigenvalue weighted by Crippen LogP contribution is 2.31. The lowest BCUT2D eigenvalue weighted by atomic mass is 10.1. The van der Waals surface area contributed by atoms with Gasteiger partial charge in [-0.15, -0.1) is 5.10 Å². The number of imidazole rings is 1. The van der Waals surface area contributed by atoms with E-state index in [-0.39, 0.29) is 5.91 Å². The van der Waals surface area contributed by atoms with Gasteiger partial charge in [0, 0.05) is 31.8 Å². The molecule has 118 valence electrons. The Balaban J connectivity index is 1.84. The van der Waals surface area contributed by atoms with Crippen LogP contribution in [0.5, 0.6) is 5.88 Å². The van der Waals surface area contributed by atoms with Crippen LogP contribution in [-0.2, 0) is 11.8 Å². The minimum atomic E-state index is -0.530. The van der Waals surface area contributed by atoms with Gasteiger partial charge in [-0.05, 0) is 22.0 Å². The molecule has 1 saturated heterocycles. The first-order valence-corrected chi connectivity index (χ1v) is 7.89. The summed E-state index contributed by atoms with van der Waals surface area (Å²) in [7, 11) is 1.84. The van der Waals surface area contributed by atoms with E-state index >= 15 is 0 Å². The third-order valence-corrected chi connectivity index (χ3v) is 4.23. The summed E-state index contributed by atoms with van der Waals surface area (Å²) in [6, 6.07) is 1.87. The summed E-state index contributed by atoms with van der Waals surface area (Å²) in [5, 5.41) is 11.4. The summed E-state index contributed by atoms with van der Waals surface area (Å²) in [5.41, 5.74) is 2.29. The number of ether oxygens (including phenoxy) is 1. The first-order chi connectivity index (χ1) is 11.1. The predicted octanol–water partition coefficient (Wildman–Crippen LogP) is 1.16. The third kappa shape index (κ3) is 2.46. The van der Waals surface area contributed by atoms with E-state index in [1.807, 2.05) is 19.3 Å². The molecule has 0 unspecified atom stereocenters. The number of carbonyl (C=O) groups is 1. The molecule has 9 heteroatoms. The van der Waals surface area contributed by atoms with Gasteiger partial charge in [0.05, 0.1) is 18.0 Å². The highest BCUT2D eigenvalue weighted by Gasteiger charge is 2.28. The predicted molar refractivity (Wildman–Crippen MR) is 84.9 cm³/mol. The first-order valence-electron chi connectivity index (χ1n) is 7.09. The van der Waals surface area contributed by atoms with E-state index < -0.39 is 6.10 Å². The van der Waals surface area contributed by atoms with E-state index in [2.05, 4.69) is 36.4 Å². The topological polar surface area (TPSA) is 86.3 Å². The monoisotopic (exact) mass is 376 g/mol. The van der Waals surface area contributed by atoms with Crippen molar-refractivity contribution in [3.63, 3.8) is 0 Å². The van der Waals surface area contributed by atoms with Crippen molar-refractivity contribution < 1.29 is 9.53 Å². The van der Waals surface area contributed by atoms with Crippen LogP contribution in [0.3, 0.4) is 0 Å². The van der Waals surface area contributed by atoms with Gasteiger partial charge in [-0.1, -0.05) is 0 Å². The van der Waals surface area contributed by atoms with Gasteiger partial charge in [0.2, 0.25) is 5.88 Å². The van der Waals surface area contributed by atoms with Crippen molar-refractivity contribution in [2.75, 3.05) is 6.54 Å². The lowest BCUT2D eigenvalue weighted by molar-refractivity contribution is -0.125. The third-order valence-electron chi connectivity index (χ3n) is 3.69. The van der Waals surface area contributed by atoms with Crippen LogP contribution in [0.1, 0.15) is 6.42 Å². The molecule has 8 nitrogen and oxygen atoms in total. The quantitative estimate of drug-likeness (QED) is 0.741. The van der Waals surface area contributed by atoms with E-state index in [1.54, 1.807) is 21.6 Å². The molecule has 1 aliphatic rings. The molecule has 0 saturated carbocycles. The van der Waals surface area contributed by atoms with Gasteiger partial charge in [0.1, 0.15) is 4.60 Å². The SMILES string of the molecule is Cn1cc(-c2cc3ncc(Br)n3nc2O[C@H]2CCNC2=O)cn1. The van der Waals surface area contributed by atoms with Crippen molar-refractivity contribution in [1.82, 2.24) is 29.7 Å². The molecular weight excluding hydrogens is 364 g/mol. The second-order valence-corrected chi connectivity index (χ2v) is 6.12. The van der Waals surface area contributed by atoms with Crippen molar-refractivity contribution in [2.45, 2.75) is 12.5 Å².